The van der Waals surface area contributed by atoms with E-state index in [1.165, 1.54) is 51.5 Å². The number of hydrogen-bond donors (Lipinski definition) is 0. The van der Waals surface area contributed by atoms with Gasteiger partial charge in [-0.2, -0.15) is 0 Å². The zero-order valence-corrected chi connectivity index (χ0v) is 29.5. The Morgan fingerprint density at radius 1 is 0.385 bits per heavy atom. The molecule has 2 nitrogen and oxygen atoms in total. The van der Waals surface area contributed by atoms with Crippen molar-refractivity contribution >= 4 is 102 Å². The van der Waals surface area contributed by atoms with E-state index in [0.29, 0.717) is 0 Å². The number of thiophene rings is 2. The normalized spacial score (nSPS) is 11.8. The van der Waals surface area contributed by atoms with Gasteiger partial charge in [0.15, 0.2) is 5.58 Å². The van der Waals surface area contributed by atoms with Gasteiger partial charge in [0.05, 0.1) is 11.4 Å². The van der Waals surface area contributed by atoms with Crippen LogP contribution in [0.1, 0.15) is 0 Å². The zero-order valence-electron chi connectivity index (χ0n) is 27.9. The first kappa shape index (κ1) is 29.5. The molecule has 0 bridgehead atoms. The number of furan rings is 1. The molecule has 0 amide bonds. The average molecular weight is 700 g/mol. The van der Waals surface area contributed by atoms with E-state index in [0.717, 1.165) is 50.1 Å². The highest BCUT2D eigenvalue weighted by molar-refractivity contribution is 7.26. The van der Waals surface area contributed by atoms with Gasteiger partial charge < -0.3 is 9.32 Å². The molecule has 3 aromatic heterocycles. The van der Waals surface area contributed by atoms with Crippen LogP contribution in [0.25, 0.3) is 84.5 Å². The third-order valence-electron chi connectivity index (χ3n) is 10.3. The molecule has 3 heterocycles. The lowest BCUT2D eigenvalue weighted by Gasteiger charge is -2.26. The summed E-state index contributed by atoms with van der Waals surface area (Å²) >= 11 is 3.72. The molecule has 0 radical (unpaired) electrons. The maximum Gasteiger partial charge on any atom is 0.159 e. The summed E-state index contributed by atoms with van der Waals surface area (Å²) in [5, 5.41) is 7.30. The molecule has 0 unspecified atom stereocenters. The number of fused-ring (bicyclic) bond motifs is 9. The highest BCUT2D eigenvalue weighted by Crippen LogP contribution is 2.50. The summed E-state index contributed by atoms with van der Waals surface area (Å²) < 4.78 is 12.2. The Morgan fingerprint density at radius 2 is 0.981 bits per heavy atom. The van der Waals surface area contributed by atoms with Crippen molar-refractivity contribution in [2.24, 2.45) is 0 Å². The number of benzene rings is 8. The second kappa shape index (κ2) is 11.7. The molecule has 0 aliphatic carbocycles. The molecule has 0 fully saturated rings. The zero-order chi connectivity index (χ0) is 34.2. The van der Waals surface area contributed by atoms with Crippen molar-refractivity contribution in [3.63, 3.8) is 0 Å². The predicted octanol–water partition coefficient (Wildman–Crippen LogP) is 15.1. The van der Waals surface area contributed by atoms with Crippen LogP contribution in [0.2, 0.25) is 0 Å². The van der Waals surface area contributed by atoms with Gasteiger partial charge in [-0.15, -0.1) is 22.7 Å². The van der Waals surface area contributed by atoms with Crippen molar-refractivity contribution in [1.29, 1.82) is 0 Å². The lowest BCUT2D eigenvalue weighted by Crippen LogP contribution is -2.10. The Bertz CT molecular complexity index is 3130. The van der Waals surface area contributed by atoms with Crippen molar-refractivity contribution in [2.75, 3.05) is 4.90 Å². The van der Waals surface area contributed by atoms with Gasteiger partial charge >= 0.3 is 0 Å². The standard InChI is InChI=1S/C48H29NOS2/c1-3-13-30(14-4-1)33-18-9-20-37-38-21-11-24-41(47(38)50-46(33)37)49(32-27-28-36-35-17-7-8-25-42(35)51-44(36)29-32)40-23-12-26-43-45(40)39-22-10-19-34(48(39)52-43)31-15-5-2-6-16-31/h1-29H. The number of anilines is 3. The average Bonchev–Trinajstić information content (AvgIpc) is 3.90. The molecular weight excluding hydrogens is 671 g/mol. The molecule has 11 rings (SSSR count). The fourth-order valence-electron chi connectivity index (χ4n) is 7.95. The largest absolute Gasteiger partial charge is 0.453 e. The van der Waals surface area contributed by atoms with E-state index in [4.69, 9.17) is 4.42 Å². The van der Waals surface area contributed by atoms with E-state index in [-0.39, 0.29) is 0 Å². The van der Waals surface area contributed by atoms with E-state index < -0.39 is 0 Å². The van der Waals surface area contributed by atoms with E-state index >= 15 is 0 Å². The molecule has 0 spiro atoms. The van der Waals surface area contributed by atoms with E-state index in [1.54, 1.807) is 0 Å². The van der Waals surface area contributed by atoms with Crippen LogP contribution in [-0.2, 0) is 0 Å². The first-order valence-electron chi connectivity index (χ1n) is 17.5. The molecule has 0 saturated carbocycles. The number of para-hydroxylation sites is 2. The Balaban J connectivity index is 1.22. The third kappa shape index (κ3) is 4.48. The molecule has 244 valence electrons. The minimum Gasteiger partial charge on any atom is -0.453 e. The van der Waals surface area contributed by atoms with Crippen molar-refractivity contribution in [1.82, 2.24) is 0 Å². The SMILES string of the molecule is c1ccc(-c2cccc3c2oc2c(N(c4ccc5c(c4)sc4ccccc45)c4cccc5sc6c(-c7ccccc7)cccc6c45)cccc23)cc1. The Morgan fingerprint density at radius 3 is 1.81 bits per heavy atom. The molecule has 0 N–H and O–H groups in total. The minimum absolute atomic E-state index is 0.874. The maximum atomic E-state index is 7.05. The Labute approximate surface area is 308 Å². The molecule has 11 aromatic rings. The van der Waals surface area contributed by atoms with Crippen LogP contribution in [0.5, 0.6) is 0 Å². The lowest BCUT2D eigenvalue weighted by molar-refractivity contribution is 0.670. The fraction of sp³-hybridized carbons (Fsp3) is 0. The monoisotopic (exact) mass is 699 g/mol. The van der Waals surface area contributed by atoms with Crippen molar-refractivity contribution < 1.29 is 4.42 Å². The van der Waals surface area contributed by atoms with Crippen LogP contribution in [0, 0.1) is 0 Å². The highest BCUT2D eigenvalue weighted by atomic mass is 32.1. The van der Waals surface area contributed by atoms with Crippen molar-refractivity contribution in [3.05, 3.63) is 176 Å². The quantitative estimate of drug-likeness (QED) is 0.178. The van der Waals surface area contributed by atoms with Crippen LogP contribution in [0.3, 0.4) is 0 Å². The van der Waals surface area contributed by atoms with E-state index in [2.05, 4.69) is 181 Å². The summed E-state index contributed by atoms with van der Waals surface area (Å²) in [5.41, 5.74) is 9.75. The van der Waals surface area contributed by atoms with Gasteiger partial charge in [0.25, 0.3) is 0 Å². The van der Waals surface area contributed by atoms with Crippen LogP contribution in [0.4, 0.5) is 17.1 Å². The smallest absolute Gasteiger partial charge is 0.159 e. The predicted molar refractivity (Wildman–Crippen MR) is 225 cm³/mol. The van der Waals surface area contributed by atoms with Gasteiger partial charge in [-0.1, -0.05) is 140 Å². The van der Waals surface area contributed by atoms with Gasteiger partial charge in [0.2, 0.25) is 0 Å². The molecule has 0 aliphatic rings. The summed E-state index contributed by atoms with van der Waals surface area (Å²) in [4.78, 5) is 2.43. The summed E-state index contributed by atoms with van der Waals surface area (Å²) in [6.45, 7) is 0. The first-order valence-corrected chi connectivity index (χ1v) is 19.1. The van der Waals surface area contributed by atoms with Gasteiger partial charge in [-0.05, 0) is 53.1 Å². The molecule has 0 saturated heterocycles. The van der Waals surface area contributed by atoms with Crippen molar-refractivity contribution in [2.45, 2.75) is 0 Å². The molecule has 4 heteroatoms. The molecular formula is C48H29NOS2. The highest BCUT2D eigenvalue weighted by Gasteiger charge is 2.24. The van der Waals surface area contributed by atoms with Gasteiger partial charge in [-0.3, -0.25) is 0 Å². The van der Waals surface area contributed by atoms with E-state index in [9.17, 15) is 0 Å². The summed E-state index contributed by atoms with van der Waals surface area (Å²) in [6, 6.07) is 63.5. The van der Waals surface area contributed by atoms with Crippen LogP contribution in [-0.4, -0.2) is 0 Å². The molecule has 0 aliphatic heterocycles. The molecule has 0 atom stereocenters. The van der Waals surface area contributed by atoms with Crippen molar-refractivity contribution in [3.8, 4) is 22.3 Å². The topological polar surface area (TPSA) is 16.4 Å². The Kier molecular flexibility index (Phi) is 6.63. The first-order chi connectivity index (χ1) is 25.8. The number of nitrogens with zero attached hydrogens (tertiary/aromatic N) is 1. The van der Waals surface area contributed by atoms with Crippen LogP contribution < -0.4 is 4.90 Å². The van der Waals surface area contributed by atoms with Gasteiger partial charge in [-0.25, -0.2) is 0 Å². The minimum atomic E-state index is 0.874. The van der Waals surface area contributed by atoms with Crippen LogP contribution in [0.15, 0.2) is 180 Å². The van der Waals surface area contributed by atoms with Gasteiger partial charge in [0, 0.05) is 62.4 Å². The molecule has 52 heavy (non-hydrogen) atoms. The fourth-order valence-corrected chi connectivity index (χ4v) is 10.3. The second-order valence-corrected chi connectivity index (χ2v) is 15.4. The van der Waals surface area contributed by atoms with E-state index in [1.807, 2.05) is 22.7 Å². The summed E-state index contributed by atoms with van der Waals surface area (Å²) in [6.07, 6.45) is 0. The number of rotatable bonds is 5. The van der Waals surface area contributed by atoms with Gasteiger partial charge in [0.1, 0.15) is 5.58 Å². The summed E-state index contributed by atoms with van der Waals surface area (Å²) in [5.74, 6) is 0. The maximum absolute atomic E-state index is 7.05. The Hall–Kier alpha value is -6.20. The number of hydrogen-bond acceptors (Lipinski definition) is 4. The lowest BCUT2D eigenvalue weighted by atomic mass is 10.0. The summed E-state index contributed by atoms with van der Waals surface area (Å²) in [7, 11) is 0. The third-order valence-corrected chi connectivity index (χ3v) is 12.6. The second-order valence-electron chi connectivity index (χ2n) is 13.2. The molecule has 8 aromatic carbocycles. The van der Waals surface area contributed by atoms with Crippen LogP contribution >= 0.6 is 22.7 Å².